The Balaban J connectivity index is 2.85. The molecule has 0 aromatic rings. The Kier molecular flexibility index (Phi) is 2.13. The standard InChI is InChI=1S/C9H12O3/c1-9(2)3-6(5-10)8(12)7(11)4-9/h5-6H,3-4H2,1-2H3. The first-order chi connectivity index (χ1) is 5.46. The SMILES string of the molecule is CC1(C)CC(=O)C(=O)C(C=O)C1. The average Bonchev–Trinajstić information content (AvgIpc) is 1.96. The van der Waals surface area contributed by atoms with Crippen LogP contribution in [0.4, 0.5) is 0 Å². The van der Waals surface area contributed by atoms with E-state index in [1.54, 1.807) is 0 Å². The van der Waals surface area contributed by atoms with Gasteiger partial charge in [0, 0.05) is 6.42 Å². The molecule has 0 saturated heterocycles. The minimum Gasteiger partial charge on any atom is -0.303 e. The molecule has 0 N–H and O–H groups in total. The number of carbonyl (C=O) groups excluding carboxylic acids is 3. The van der Waals surface area contributed by atoms with E-state index in [0.29, 0.717) is 12.7 Å². The largest absolute Gasteiger partial charge is 0.303 e. The normalized spacial score (nSPS) is 28.7. The smallest absolute Gasteiger partial charge is 0.208 e. The van der Waals surface area contributed by atoms with E-state index in [1.165, 1.54) is 0 Å². The van der Waals surface area contributed by atoms with Crippen molar-refractivity contribution in [2.75, 3.05) is 0 Å². The Bertz CT molecular complexity index is 240. The van der Waals surface area contributed by atoms with Gasteiger partial charge in [-0.05, 0) is 11.8 Å². The van der Waals surface area contributed by atoms with Crippen LogP contribution in [-0.2, 0) is 14.4 Å². The number of aldehydes is 1. The minimum atomic E-state index is -0.693. The molecule has 0 aliphatic heterocycles. The second kappa shape index (κ2) is 2.81. The van der Waals surface area contributed by atoms with Gasteiger partial charge in [-0.15, -0.1) is 0 Å². The van der Waals surface area contributed by atoms with Gasteiger partial charge in [0.05, 0.1) is 5.92 Å². The van der Waals surface area contributed by atoms with E-state index in [1.807, 2.05) is 13.8 Å². The number of Topliss-reactive ketones (excluding diaryl/α,β-unsaturated/α-hetero) is 2. The molecule has 3 nitrogen and oxygen atoms in total. The van der Waals surface area contributed by atoms with Crippen LogP contribution in [0.5, 0.6) is 0 Å². The molecule has 12 heavy (non-hydrogen) atoms. The van der Waals surface area contributed by atoms with Crippen molar-refractivity contribution in [1.29, 1.82) is 0 Å². The van der Waals surface area contributed by atoms with Gasteiger partial charge in [0.2, 0.25) is 5.78 Å². The lowest BCUT2D eigenvalue weighted by atomic mass is 9.71. The second-order valence-corrected chi connectivity index (χ2v) is 4.08. The van der Waals surface area contributed by atoms with Gasteiger partial charge in [-0.25, -0.2) is 0 Å². The van der Waals surface area contributed by atoms with E-state index in [9.17, 15) is 14.4 Å². The highest BCUT2D eigenvalue weighted by atomic mass is 16.2. The summed E-state index contributed by atoms with van der Waals surface area (Å²) in [5, 5.41) is 0. The topological polar surface area (TPSA) is 51.2 Å². The van der Waals surface area contributed by atoms with Crippen LogP contribution in [0.2, 0.25) is 0 Å². The van der Waals surface area contributed by atoms with Gasteiger partial charge in [0.15, 0.2) is 5.78 Å². The molecule has 0 aromatic carbocycles. The summed E-state index contributed by atoms with van der Waals surface area (Å²) in [6, 6.07) is 0. The molecule has 1 aliphatic rings. The molecule has 0 bridgehead atoms. The van der Waals surface area contributed by atoms with Crippen molar-refractivity contribution in [3.05, 3.63) is 0 Å². The molecule has 3 heteroatoms. The third-order valence-corrected chi connectivity index (χ3v) is 2.19. The van der Waals surface area contributed by atoms with Crippen LogP contribution in [0.1, 0.15) is 26.7 Å². The van der Waals surface area contributed by atoms with E-state index in [0.717, 1.165) is 0 Å². The molecule has 0 spiro atoms. The highest BCUT2D eigenvalue weighted by Crippen LogP contribution is 2.34. The molecular weight excluding hydrogens is 156 g/mol. The van der Waals surface area contributed by atoms with Crippen molar-refractivity contribution in [3.8, 4) is 0 Å². The molecule has 66 valence electrons. The summed E-state index contributed by atoms with van der Waals surface area (Å²) in [5.74, 6) is -1.60. The Morgan fingerprint density at radius 3 is 2.50 bits per heavy atom. The zero-order valence-corrected chi connectivity index (χ0v) is 7.29. The molecule has 0 heterocycles. The Morgan fingerprint density at radius 1 is 1.42 bits per heavy atom. The van der Waals surface area contributed by atoms with Crippen molar-refractivity contribution in [2.24, 2.45) is 11.3 Å². The number of rotatable bonds is 1. The zero-order valence-electron chi connectivity index (χ0n) is 7.29. The molecule has 0 aromatic heterocycles. The number of hydrogen-bond donors (Lipinski definition) is 0. The molecule has 1 saturated carbocycles. The fourth-order valence-electron chi connectivity index (χ4n) is 1.60. The fourth-order valence-corrected chi connectivity index (χ4v) is 1.60. The summed E-state index contributed by atoms with van der Waals surface area (Å²) < 4.78 is 0. The third kappa shape index (κ3) is 1.60. The average molecular weight is 168 g/mol. The Morgan fingerprint density at radius 2 is 2.00 bits per heavy atom. The lowest BCUT2D eigenvalue weighted by Crippen LogP contribution is -2.38. The monoisotopic (exact) mass is 168 g/mol. The number of ketones is 2. The predicted molar refractivity (Wildman–Crippen MR) is 42.6 cm³/mol. The lowest BCUT2D eigenvalue weighted by Gasteiger charge is -2.30. The molecule has 1 aliphatic carbocycles. The van der Waals surface area contributed by atoms with Crippen molar-refractivity contribution >= 4 is 17.9 Å². The molecule has 1 fully saturated rings. The first-order valence-corrected chi connectivity index (χ1v) is 3.98. The maximum absolute atomic E-state index is 11.1. The summed E-state index contributed by atoms with van der Waals surface area (Å²) in [7, 11) is 0. The van der Waals surface area contributed by atoms with Crippen molar-refractivity contribution < 1.29 is 14.4 Å². The number of carbonyl (C=O) groups is 3. The summed E-state index contributed by atoms with van der Waals surface area (Å²) >= 11 is 0. The van der Waals surface area contributed by atoms with E-state index < -0.39 is 17.5 Å². The third-order valence-electron chi connectivity index (χ3n) is 2.19. The van der Waals surface area contributed by atoms with Gasteiger partial charge in [0.25, 0.3) is 0 Å². The van der Waals surface area contributed by atoms with Gasteiger partial charge in [-0.3, -0.25) is 9.59 Å². The lowest BCUT2D eigenvalue weighted by molar-refractivity contribution is -0.145. The highest BCUT2D eigenvalue weighted by molar-refractivity contribution is 6.41. The molecular formula is C9H12O3. The van der Waals surface area contributed by atoms with Crippen LogP contribution in [0, 0.1) is 11.3 Å². The van der Waals surface area contributed by atoms with Crippen molar-refractivity contribution in [2.45, 2.75) is 26.7 Å². The van der Waals surface area contributed by atoms with Crippen LogP contribution in [-0.4, -0.2) is 17.9 Å². The summed E-state index contributed by atoms with van der Waals surface area (Å²) in [6.45, 7) is 3.79. The maximum Gasteiger partial charge on any atom is 0.208 e. The predicted octanol–water partition coefficient (Wildman–Crippen LogP) is 0.760. The van der Waals surface area contributed by atoms with Crippen LogP contribution in [0.3, 0.4) is 0 Å². The van der Waals surface area contributed by atoms with Crippen LogP contribution < -0.4 is 0 Å². The van der Waals surface area contributed by atoms with Crippen LogP contribution in [0.25, 0.3) is 0 Å². The van der Waals surface area contributed by atoms with Gasteiger partial charge in [0.1, 0.15) is 6.29 Å². The van der Waals surface area contributed by atoms with Gasteiger partial charge in [-0.2, -0.15) is 0 Å². The van der Waals surface area contributed by atoms with Crippen LogP contribution >= 0.6 is 0 Å². The van der Waals surface area contributed by atoms with Gasteiger partial charge in [-0.1, -0.05) is 13.8 Å². The molecule has 1 rings (SSSR count). The van der Waals surface area contributed by atoms with Gasteiger partial charge < -0.3 is 4.79 Å². The molecule has 0 radical (unpaired) electrons. The first-order valence-electron chi connectivity index (χ1n) is 3.98. The highest BCUT2D eigenvalue weighted by Gasteiger charge is 2.39. The quantitative estimate of drug-likeness (QED) is 0.330. The summed E-state index contributed by atoms with van der Waals surface area (Å²) in [6.07, 6.45) is 1.36. The maximum atomic E-state index is 11.1. The fraction of sp³-hybridized carbons (Fsp3) is 0.667. The molecule has 1 atom stereocenters. The number of hydrogen-bond acceptors (Lipinski definition) is 3. The van der Waals surface area contributed by atoms with Crippen molar-refractivity contribution in [3.63, 3.8) is 0 Å². The summed E-state index contributed by atoms with van der Waals surface area (Å²) in [5.41, 5.74) is -0.198. The van der Waals surface area contributed by atoms with E-state index in [2.05, 4.69) is 0 Å². The summed E-state index contributed by atoms with van der Waals surface area (Å²) in [4.78, 5) is 32.6. The molecule has 1 unspecified atom stereocenters. The van der Waals surface area contributed by atoms with Crippen molar-refractivity contribution in [1.82, 2.24) is 0 Å². The van der Waals surface area contributed by atoms with E-state index >= 15 is 0 Å². The van der Waals surface area contributed by atoms with Gasteiger partial charge >= 0.3 is 0 Å². The zero-order chi connectivity index (χ0) is 9.35. The second-order valence-electron chi connectivity index (χ2n) is 4.08. The van der Waals surface area contributed by atoms with E-state index in [4.69, 9.17) is 0 Å². The first kappa shape index (κ1) is 9.10. The Hall–Kier alpha value is -0.990. The Labute approximate surface area is 71.1 Å². The van der Waals surface area contributed by atoms with E-state index in [-0.39, 0.29) is 11.8 Å². The minimum absolute atomic E-state index is 0.198. The molecule has 0 amide bonds. The van der Waals surface area contributed by atoms with Crippen LogP contribution in [0.15, 0.2) is 0 Å².